The van der Waals surface area contributed by atoms with E-state index in [0.717, 1.165) is 48.8 Å². The van der Waals surface area contributed by atoms with Crippen molar-refractivity contribution in [3.05, 3.63) is 58.6 Å². The molecule has 1 amide bonds. The van der Waals surface area contributed by atoms with Crippen LogP contribution in [0.5, 0.6) is 11.5 Å². The van der Waals surface area contributed by atoms with E-state index in [2.05, 4.69) is 10.2 Å². The van der Waals surface area contributed by atoms with E-state index >= 15 is 0 Å². The number of halogens is 1. The molecule has 144 valence electrons. The lowest BCUT2D eigenvalue weighted by Crippen LogP contribution is -2.42. The third-order valence-corrected chi connectivity index (χ3v) is 5.21. The molecule has 1 heterocycles. The summed E-state index contributed by atoms with van der Waals surface area (Å²) >= 11 is 6.06. The van der Waals surface area contributed by atoms with Crippen molar-refractivity contribution >= 4 is 17.5 Å². The van der Waals surface area contributed by atoms with Crippen LogP contribution in [0, 0.1) is 6.92 Å². The Morgan fingerprint density at radius 3 is 2.74 bits per heavy atom. The quantitative estimate of drug-likeness (QED) is 0.793. The number of hydrogen-bond donors (Lipinski definition) is 2. The van der Waals surface area contributed by atoms with Gasteiger partial charge in [0.2, 0.25) is 0 Å². The lowest BCUT2D eigenvalue weighted by atomic mass is 10.1. The molecular formula is C21H25ClN2O3. The van der Waals surface area contributed by atoms with E-state index in [0.29, 0.717) is 12.1 Å². The van der Waals surface area contributed by atoms with Crippen LogP contribution in [0.25, 0.3) is 0 Å². The first-order valence-corrected chi connectivity index (χ1v) is 9.61. The second kappa shape index (κ2) is 9.11. The number of carbonyl (C=O) groups excluding carboxylic acids is 1. The van der Waals surface area contributed by atoms with Crippen LogP contribution >= 0.6 is 11.6 Å². The minimum atomic E-state index is -0.165. The van der Waals surface area contributed by atoms with Gasteiger partial charge in [-0.15, -0.1) is 0 Å². The van der Waals surface area contributed by atoms with Crippen LogP contribution in [0.4, 0.5) is 0 Å². The van der Waals surface area contributed by atoms with Gasteiger partial charge in [-0.2, -0.15) is 0 Å². The average Bonchev–Trinajstić information content (AvgIpc) is 2.66. The zero-order chi connectivity index (χ0) is 19.2. The van der Waals surface area contributed by atoms with Gasteiger partial charge in [0.25, 0.3) is 5.91 Å². The maximum absolute atomic E-state index is 12.1. The number of likely N-dealkylation sites (tertiary alicyclic amines) is 1. The second-order valence-corrected chi connectivity index (χ2v) is 7.28. The van der Waals surface area contributed by atoms with E-state index in [9.17, 15) is 9.90 Å². The number of aryl methyl sites for hydroxylation is 1. The van der Waals surface area contributed by atoms with Gasteiger partial charge in [-0.3, -0.25) is 4.79 Å². The highest BCUT2D eigenvalue weighted by atomic mass is 35.5. The van der Waals surface area contributed by atoms with Crippen molar-refractivity contribution in [3.63, 3.8) is 0 Å². The average molecular weight is 389 g/mol. The Hall–Kier alpha value is -2.24. The van der Waals surface area contributed by atoms with Gasteiger partial charge >= 0.3 is 0 Å². The second-order valence-electron chi connectivity index (χ2n) is 6.88. The van der Waals surface area contributed by atoms with Crippen LogP contribution in [0.3, 0.4) is 0 Å². The van der Waals surface area contributed by atoms with Crippen molar-refractivity contribution in [2.45, 2.75) is 25.9 Å². The normalized spacial score (nSPS) is 15.5. The van der Waals surface area contributed by atoms with Crippen LogP contribution in [-0.4, -0.2) is 48.2 Å². The molecule has 1 aliphatic rings. The highest BCUT2D eigenvalue weighted by Crippen LogP contribution is 2.24. The van der Waals surface area contributed by atoms with E-state index in [-0.39, 0.29) is 17.8 Å². The van der Waals surface area contributed by atoms with Crippen molar-refractivity contribution < 1.29 is 14.6 Å². The Morgan fingerprint density at radius 2 is 2.04 bits per heavy atom. The number of carbonyl (C=O) groups is 1. The Morgan fingerprint density at radius 1 is 1.26 bits per heavy atom. The van der Waals surface area contributed by atoms with E-state index < -0.39 is 0 Å². The molecule has 0 spiro atoms. The first-order valence-electron chi connectivity index (χ1n) is 9.23. The van der Waals surface area contributed by atoms with Crippen molar-refractivity contribution in [2.75, 3.05) is 26.2 Å². The molecule has 2 aromatic carbocycles. The number of benzene rings is 2. The van der Waals surface area contributed by atoms with Crippen molar-refractivity contribution in [3.8, 4) is 11.5 Å². The summed E-state index contributed by atoms with van der Waals surface area (Å²) in [6.07, 6.45) is 2.13. The lowest BCUT2D eigenvalue weighted by molar-refractivity contribution is 0.0905. The number of nitrogens with zero attached hydrogens (tertiary/aromatic N) is 1. The smallest absolute Gasteiger partial charge is 0.251 e. The fraction of sp³-hybridized carbons (Fsp3) is 0.381. The van der Waals surface area contributed by atoms with Gasteiger partial charge in [0.15, 0.2) is 0 Å². The van der Waals surface area contributed by atoms with Crippen molar-refractivity contribution in [2.24, 2.45) is 0 Å². The monoisotopic (exact) mass is 388 g/mol. The largest absolute Gasteiger partial charge is 0.508 e. The number of phenolic OH excluding ortho intramolecular Hbond substituents is 1. The molecule has 0 bridgehead atoms. The number of hydrogen-bond acceptors (Lipinski definition) is 4. The summed E-state index contributed by atoms with van der Waals surface area (Å²) in [6.45, 7) is 5.25. The molecule has 6 heteroatoms. The van der Waals surface area contributed by atoms with Crippen LogP contribution in [0.15, 0.2) is 42.5 Å². The summed E-state index contributed by atoms with van der Waals surface area (Å²) in [4.78, 5) is 14.4. The van der Waals surface area contributed by atoms with Gasteiger partial charge in [-0.1, -0.05) is 17.7 Å². The molecule has 0 aromatic heterocycles. The first kappa shape index (κ1) is 19.5. The fourth-order valence-corrected chi connectivity index (χ4v) is 3.33. The maximum atomic E-state index is 12.1. The summed E-state index contributed by atoms with van der Waals surface area (Å²) < 4.78 is 6.07. The molecule has 3 rings (SSSR count). The van der Waals surface area contributed by atoms with Crippen LogP contribution < -0.4 is 10.1 Å². The van der Waals surface area contributed by atoms with E-state index in [1.54, 1.807) is 18.2 Å². The third kappa shape index (κ3) is 5.62. The summed E-state index contributed by atoms with van der Waals surface area (Å²) in [5.41, 5.74) is 1.49. The molecule has 2 N–H and O–H groups in total. The number of nitrogens with one attached hydrogen (secondary N) is 1. The minimum absolute atomic E-state index is 0.0978. The zero-order valence-corrected chi connectivity index (χ0v) is 16.2. The van der Waals surface area contributed by atoms with Crippen LogP contribution in [0.2, 0.25) is 5.02 Å². The number of amides is 1. The molecule has 27 heavy (non-hydrogen) atoms. The van der Waals surface area contributed by atoms with Crippen LogP contribution in [0.1, 0.15) is 28.8 Å². The summed E-state index contributed by atoms with van der Waals surface area (Å²) in [6, 6.07) is 12.1. The Kier molecular flexibility index (Phi) is 6.58. The van der Waals surface area contributed by atoms with Gasteiger partial charge in [-0.05, 0) is 61.7 Å². The molecule has 0 radical (unpaired) electrons. The van der Waals surface area contributed by atoms with E-state index in [1.165, 1.54) is 6.07 Å². The van der Waals surface area contributed by atoms with Gasteiger partial charge in [0.05, 0.1) is 0 Å². The molecule has 0 atom stereocenters. The summed E-state index contributed by atoms with van der Waals surface area (Å²) in [5.74, 6) is 0.802. The molecule has 0 unspecified atom stereocenters. The zero-order valence-electron chi connectivity index (χ0n) is 15.5. The molecule has 0 aliphatic carbocycles. The standard InChI is InChI=1S/C21H25ClN2O3/c1-15-13-19(5-6-20(15)22)27-18-7-10-24(11-8-18)12-9-23-21(26)16-3-2-4-17(25)14-16/h2-6,13-14,18,25H,7-12H2,1H3,(H,23,26). The highest BCUT2D eigenvalue weighted by Gasteiger charge is 2.20. The molecule has 5 nitrogen and oxygen atoms in total. The van der Waals surface area contributed by atoms with E-state index in [4.69, 9.17) is 16.3 Å². The lowest BCUT2D eigenvalue weighted by Gasteiger charge is -2.32. The number of piperidine rings is 1. The highest BCUT2D eigenvalue weighted by molar-refractivity contribution is 6.31. The third-order valence-electron chi connectivity index (χ3n) is 4.79. The summed E-state index contributed by atoms with van der Waals surface area (Å²) in [7, 11) is 0. The number of rotatable bonds is 6. The SMILES string of the molecule is Cc1cc(OC2CCN(CCNC(=O)c3cccc(O)c3)CC2)ccc1Cl. The minimum Gasteiger partial charge on any atom is -0.508 e. The molecule has 1 fully saturated rings. The Balaban J connectivity index is 1.38. The van der Waals surface area contributed by atoms with Crippen LogP contribution in [-0.2, 0) is 0 Å². The number of phenols is 1. The molecular weight excluding hydrogens is 364 g/mol. The molecule has 1 aliphatic heterocycles. The topological polar surface area (TPSA) is 61.8 Å². The number of ether oxygens (including phenoxy) is 1. The summed E-state index contributed by atoms with van der Waals surface area (Å²) in [5, 5.41) is 13.1. The van der Waals surface area contributed by atoms with Gasteiger partial charge < -0.3 is 20.1 Å². The van der Waals surface area contributed by atoms with Crippen molar-refractivity contribution in [1.82, 2.24) is 10.2 Å². The van der Waals surface area contributed by atoms with Gasteiger partial charge in [0.1, 0.15) is 17.6 Å². The first-order chi connectivity index (χ1) is 13.0. The maximum Gasteiger partial charge on any atom is 0.251 e. The van der Waals surface area contributed by atoms with Crippen molar-refractivity contribution in [1.29, 1.82) is 0 Å². The van der Waals surface area contributed by atoms with Gasteiger partial charge in [0, 0.05) is 36.8 Å². The number of aromatic hydroxyl groups is 1. The Bertz CT molecular complexity index is 789. The molecule has 2 aromatic rings. The fourth-order valence-electron chi connectivity index (χ4n) is 3.21. The predicted octanol–water partition coefficient (Wildman–Crippen LogP) is 3.63. The van der Waals surface area contributed by atoms with E-state index in [1.807, 2.05) is 25.1 Å². The predicted molar refractivity (Wildman–Crippen MR) is 107 cm³/mol. The Labute approximate surface area is 164 Å². The molecule has 1 saturated heterocycles. The molecule has 0 saturated carbocycles. The van der Waals surface area contributed by atoms with Gasteiger partial charge in [-0.25, -0.2) is 0 Å².